The first-order valence-corrected chi connectivity index (χ1v) is 11.9. The smallest absolute Gasteiger partial charge is 0.244 e. The summed E-state index contributed by atoms with van der Waals surface area (Å²) in [6.07, 6.45) is 3.44. The maximum atomic E-state index is 12.8. The molecule has 1 aromatic rings. The molecule has 3 atom stereocenters. The molecule has 2 fully saturated rings. The Bertz CT molecular complexity index is 794. The van der Waals surface area contributed by atoms with Gasteiger partial charge in [-0.1, -0.05) is 50.4 Å². The number of amides is 1. The summed E-state index contributed by atoms with van der Waals surface area (Å²) in [4.78, 5) is 14.6. The van der Waals surface area contributed by atoms with E-state index in [1.54, 1.807) is 18.2 Å². The van der Waals surface area contributed by atoms with Gasteiger partial charge in [-0.05, 0) is 30.4 Å². The van der Waals surface area contributed by atoms with Gasteiger partial charge in [-0.15, -0.1) is 0 Å². The minimum Gasteiger partial charge on any atom is -0.352 e. The number of carbonyl (C=O) groups excluding carboxylic acids is 1. The molecule has 0 radical (unpaired) electrons. The SMILES string of the molecule is C[C@H]1[C@H](C)CCC[C@@H]1NC(=O)CN1CCN(S(=O)(=O)c2ccccc2Cl)CC1. The van der Waals surface area contributed by atoms with E-state index >= 15 is 0 Å². The highest BCUT2D eigenvalue weighted by Crippen LogP contribution is 2.29. The van der Waals surface area contributed by atoms with Crippen LogP contribution in [-0.2, 0) is 14.8 Å². The number of benzene rings is 1. The molecule has 156 valence electrons. The van der Waals surface area contributed by atoms with Gasteiger partial charge in [0.1, 0.15) is 4.90 Å². The average Bonchev–Trinajstić information content (AvgIpc) is 2.66. The summed E-state index contributed by atoms with van der Waals surface area (Å²) in [6, 6.07) is 6.75. The van der Waals surface area contributed by atoms with Crippen LogP contribution in [0.15, 0.2) is 29.2 Å². The summed E-state index contributed by atoms with van der Waals surface area (Å²) < 4.78 is 27.1. The van der Waals surface area contributed by atoms with Crippen LogP contribution < -0.4 is 5.32 Å². The number of halogens is 1. The second-order valence-corrected chi connectivity index (χ2v) is 10.4. The first-order valence-electron chi connectivity index (χ1n) is 10.1. The second kappa shape index (κ2) is 9.11. The highest BCUT2D eigenvalue weighted by molar-refractivity contribution is 7.89. The largest absolute Gasteiger partial charge is 0.352 e. The zero-order chi connectivity index (χ0) is 20.3. The Morgan fingerprint density at radius 3 is 2.50 bits per heavy atom. The third-order valence-electron chi connectivity index (χ3n) is 6.21. The van der Waals surface area contributed by atoms with Gasteiger partial charge in [-0.25, -0.2) is 8.42 Å². The van der Waals surface area contributed by atoms with Crippen LogP contribution in [0, 0.1) is 11.8 Å². The van der Waals surface area contributed by atoms with Gasteiger partial charge in [0.25, 0.3) is 0 Å². The molecule has 0 spiro atoms. The van der Waals surface area contributed by atoms with Gasteiger partial charge in [0.2, 0.25) is 15.9 Å². The zero-order valence-corrected chi connectivity index (χ0v) is 18.2. The fourth-order valence-electron chi connectivity index (χ4n) is 4.16. The predicted molar refractivity (Wildman–Crippen MR) is 111 cm³/mol. The first-order chi connectivity index (χ1) is 13.3. The average molecular weight is 428 g/mol. The van der Waals surface area contributed by atoms with Gasteiger partial charge in [0.05, 0.1) is 11.6 Å². The summed E-state index contributed by atoms with van der Waals surface area (Å²) in [5, 5.41) is 3.43. The maximum absolute atomic E-state index is 12.8. The zero-order valence-electron chi connectivity index (χ0n) is 16.6. The van der Waals surface area contributed by atoms with E-state index in [1.807, 2.05) is 4.90 Å². The third-order valence-corrected chi connectivity index (χ3v) is 8.60. The topological polar surface area (TPSA) is 69.7 Å². The molecule has 3 rings (SSSR count). The van der Waals surface area contributed by atoms with Crippen molar-refractivity contribution in [2.75, 3.05) is 32.7 Å². The number of nitrogens with zero attached hydrogens (tertiary/aromatic N) is 2. The summed E-state index contributed by atoms with van der Waals surface area (Å²) in [5.41, 5.74) is 0. The van der Waals surface area contributed by atoms with Gasteiger partial charge < -0.3 is 5.32 Å². The van der Waals surface area contributed by atoms with Crippen LogP contribution in [0.2, 0.25) is 5.02 Å². The van der Waals surface area contributed by atoms with E-state index in [0.717, 1.165) is 12.8 Å². The Hall–Kier alpha value is -1.15. The minimum atomic E-state index is -3.61. The Kier molecular flexibility index (Phi) is 7.02. The fraction of sp³-hybridized carbons (Fsp3) is 0.650. The Balaban J connectivity index is 1.51. The van der Waals surface area contributed by atoms with Crippen LogP contribution in [-0.4, -0.2) is 62.3 Å². The number of carbonyl (C=O) groups is 1. The van der Waals surface area contributed by atoms with E-state index in [4.69, 9.17) is 11.6 Å². The molecule has 1 aliphatic heterocycles. The molecule has 1 heterocycles. The molecule has 28 heavy (non-hydrogen) atoms. The standard InChI is InChI=1S/C20H30ClN3O3S/c1-15-6-5-8-18(16(15)2)22-20(25)14-23-10-12-24(13-11-23)28(26,27)19-9-4-3-7-17(19)21/h3-4,7,9,15-16,18H,5-6,8,10-14H2,1-2H3,(H,22,25)/t15-,16+,18+/m1/s1. The highest BCUT2D eigenvalue weighted by Gasteiger charge is 2.32. The van der Waals surface area contributed by atoms with Crippen molar-refractivity contribution in [3.63, 3.8) is 0 Å². The Morgan fingerprint density at radius 1 is 1.14 bits per heavy atom. The number of sulfonamides is 1. The van der Waals surface area contributed by atoms with Crippen molar-refractivity contribution in [2.45, 2.75) is 44.0 Å². The molecule has 1 aromatic carbocycles. The molecular formula is C20H30ClN3O3S. The summed E-state index contributed by atoms with van der Waals surface area (Å²) in [6.45, 7) is 6.57. The number of piperazine rings is 1. The van der Waals surface area contributed by atoms with Gasteiger partial charge in [-0.2, -0.15) is 4.31 Å². The van der Waals surface area contributed by atoms with Crippen LogP contribution >= 0.6 is 11.6 Å². The van der Waals surface area contributed by atoms with Gasteiger partial charge in [0.15, 0.2) is 0 Å². The minimum absolute atomic E-state index is 0.0355. The lowest BCUT2D eigenvalue weighted by Gasteiger charge is -2.36. The normalized spacial score (nSPS) is 27.5. The number of hydrogen-bond acceptors (Lipinski definition) is 4. The van der Waals surface area contributed by atoms with Crippen molar-refractivity contribution < 1.29 is 13.2 Å². The van der Waals surface area contributed by atoms with E-state index in [0.29, 0.717) is 44.6 Å². The number of nitrogens with one attached hydrogen (secondary N) is 1. The van der Waals surface area contributed by atoms with Gasteiger partial charge in [-0.3, -0.25) is 9.69 Å². The molecule has 1 N–H and O–H groups in total. The predicted octanol–water partition coefficient (Wildman–Crippen LogP) is 2.59. The van der Waals surface area contributed by atoms with Crippen molar-refractivity contribution in [3.8, 4) is 0 Å². The van der Waals surface area contributed by atoms with E-state index in [1.165, 1.54) is 16.8 Å². The summed E-state index contributed by atoms with van der Waals surface area (Å²) >= 11 is 6.07. The number of rotatable bonds is 5. The van der Waals surface area contributed by atoms with Crippen molar-refractivity contribution >= 4 is 27.5 Å². The molecule has 1 saturated carbocycles. The lowest BCUT2D eigenvalue weighted by Crippen LogP contribution is -2.52. The molecule has 1 saturated heterocycles. The Morgan fingerprint density at radius 2 is 1.82 bits per heavy atom. The molecule has 1 aliphatic carbocycles. The van der Waals surface area contributed by atoms with Crippen molar-refractivity contribution in [3.05, 3.63) is 29.3 Å². The van der Waals surface area contributed by atoms with E-state index in [9.17, 15) is 13.2 Å². The lowest BCUT2D eigenvalue weighted by molar-refractivity contribution is -0.124. The second-order valence-electron chi connectivity index (χ2n) is 8.05. The van der Waals surface area contributed by atoms with Gasteiger partial charge >= 0.3 is 0 Å². The van der Waals surface area contributed by atoms with Crippen LogP contribution in [0.4, 0.5) is 0 Å². The van der Waals surface area contributed by atoms with E-state index in [-0.39, 0.29) is 21.9 Å². The first kappa shape index (κ1) is 21.6. The molecular weight excluding hydrogens is 398 g/mol. The Labute approximate surface area is 173 Å². The summed E-state index contributed by atoms with van der Waals surface area (Å²) in [5.74, 6) is 1.17. The quantitative estimate of drug-likeness (QED) is 0.784. The molecule has 8 heteroatoms. The van der Waals surface area contributed by atoms with Gasteiger partial charge in [0, 0.05) is 32.2 Å². The van der Waals surface area contributed by atoms with E-state index in [2.05, 4.69) is 19.2 Å². The third kappa shape index (κ3) is 4.87. The molecule has 0 unspecified atom stereocenters. The fourth-order valence-corrected chi connectivity index (χ4v) is 6.08. The highest BCUT2D eigenvalue weighted by atomic mass is 35.5. The van der Waals surface area contributed by atoms with Crippen LogP contribution in [0.3, 0.4) is 0 Å². The summed E-state index contributed by atoms with van der Waals surface area (Å²) in [7, 11) is -3.61. The molecule has 6 nitrogen and oxygen atoms in total. The van der Waals surface area contributed by atoms with Crippen molar-refractivity contribution in [1.82, 2.24) is 14.5 Å². The van der Waals surface area contributed by atoms with E-state index < -0.39 is 10.0 Å². The molecule has 1 amide bonds. The molecule has 0 bridgehead atoms. The monoisotopic (exact) mass is 427 g/mol. The van der Waals surface area contributed by atoms with Crippen molar-refractivity contribution in [2.24, 2.45) is 11.8 Å². The van der Waals surface area contributed by atoms with Crippen LogP contribution in [0.1, 0.15) is 33.1 Å². The molecule has 2 aliphatic rings. The number of hydrogen-bond donors (Lipinski definition) is 1. The van der Waals surface area contributed by atoms with Crippen LogP contribution in [0.25, 0.3) is 0 Å². The lowest BCUT2D eigenvalue weighted by atomic mass is 9.78. The van der Waals surface area contributed by atoms with Crippen molar-refractivity contribution in [1.29, 1.82) is 0 Å². The van der Waals surface area contributed by atoms with Crippen LogP contribution in [0.5, 0.6) is 0 Å². The molecule has 0 aromatic heterocycles. The maximum Gasteiger partial charge on any atom is 0.244 e.